The molecule has 0 amide bonds. The molecule has 22 heavy (non-hydrogen) atoms. The molecule has 1 aromatic carbocycles. The second-order valence-corrected chi connectivity index (χ2v) is 6.35. The maximum absolute atomic E-state index is 12.6. The first-order chi connectivity index (χ1) is 10.5. The Bertz CT molecular complexity index is 499. The minimum Gasteiger partial charge on any atom is -0.512 e. The fourth-order valence-electron chi connectivity index (χ4n) is 3.67. The summed E-state index contributed by atoms with van der Waals surface area (Å²) < 4.78 is 49.4. The number of hydrogen-bond donors (Lipinski definition) is 1. The number of quaternary nitrogens is 1. The van der Waals surface area contributed by atoms with Crippen molar-refractivity contribution in [2.75, 3.05) is 13.2 Å². The summed E-state index contributed by atoms with van der Waals surface area (Å²) in [4.78, 5) is 1.14. The van der Waals surface area contributed by atoms with Crippen molar-refractivity contribution in [1.82, 2.24) is 0 Å². The summed E-state index contributed by atoms with van der Waals surface area (Å²) in [5.74, 6) is 0. The molecule has 2 aliphatic heterocycles. The predicted molar refractivity (Wildman–Crippen MR) is 77.3 cm³/mol. The molecule has 3 atom stereocenters. The van der Waals surface area contributed by atoms with E-state index in [2.05, 4.69) is 0 Å². The van der Waals surface area contributed by atoms with Crippen LogP contribution in [0.5, 0.6) is 0 Å². The van der Waals surface area contributed by atoms with Crippen LogP contribution in [0, 0.1) is 0 Å². The average Bonchev–Trinajstić information content (AvgIpc) is 2.84. The third-order valence-electron chi connectivity index (χ3n) is 4.65. The Hall–Kier alpha value is -1.05. The zero-order chi connectivity index (χ0) is 15.6. The van der Waals surface area contributed by atoms with Crippen molar-refractivity contribution in [2.24, 2.45) is 0 Å². The summed E-state index contributed by atoms with van der Waals surface area (Å²) in [6, 6.07) is 9.97. The number of nitrogens with one attached hydrogen (secondary N) is 1. The third-order valence-corrected chi connectivity index (χ3v) is 4.65. The molecule has 3 rings (SSSR count). The van der Waals surface area contributed by atoms with Gasteiger partial charge in [0, 0.05) is 24.8 Å². The summed E-state index contributed by atoms with van der Waals surface area (Å²) in [5.41, 5.74) is 1.16. The highest BCUT2D eigenvalue weighted by atomic mass is 19.4. The molecule has 3 unspecified atom stereocenters. The summed E-state index contributed by atoms with van der Waals surface area (Å²) in [6.45, 7) is 0.0172. The third kappa shape index (κ3) is 3.64. The smallest absolute Gasteiger partial charge is 0.471 e. The van der Waals surface area contributed by atoms with Gasteiger partial charge in [0.1, 0.15) is 0 Å². The zero-order valence-electron chi connectivity index (χ0n) is 12.4. The molecule has 2 aliphatic rings. The van der Waals surface area contributed by atoms with Crippen LogP contribution in [0.25, 0.3) is 0 Å². The van der Waals surface area contributed by atoms with E-state index in [0.717, 1.165) is 42.6 Å². The second-order valence-electron chi connectivity index (χ2n) is 6.35. The van der Waals surface area contributed by atoms with Gasteiger partial charge in [-0.1, -0.05) is 43.1 Å². The summed E-state index contributed by atoms with van der Waals surface area (Å²) in [5, 5.41) is 0. The molecule has 2 heterocycles. The quantitative estimate of drug-likeness (QED) is 0.864. The molecular formula is C15H21BF3NO2. The van der Waals surface area contributed by atoms with E-state index < -0.39 is 25.4 Å². The van der Waals surface area contributed by atoms with Crippen molar-refractivity contribution >= 4 is 6.69 Å². The number of benzene rings is 1. The van der Waals surface area contributed by atoms with E-state index in [0.29, 0.717) is 0 Å². The lowest BCUT2D eigenvalue weighted by Crippen LogP contribution is -3.23. The highest BCUT2D eigenvalue weighted by Gasteiger charge is 2.50. The van der Waals surface area contributed by atoms with Gasteiger partial charge in [0.05, 0.1) is 13.0 Å². The van der Waals surface area contributed by atoms with Crippen LogP contribution < -0.4 is 4.81 Å². The monoisotopic (exact) mass is 315 g/mol. The van der Waals surface area contributed by atoms with E-state index in [9.17, 15) is 13.2 Å². The summed E-state index contributed by atoms with van der Waals surface area (Å²) in [6.07, 6.45) is -3.25. The minimum absolute atomic E-state index is 0.0534. The first kappa shape index (κ1) is 15.8. The van der Waals surface area contributed by atoms with Crippen LogP contribution in [0.2, 0.25) is 6.32 Å². The van der Waals surface area contributed by atoms with Gasteiger partial charge in [-0.25, -0.2) is 0 Å². The molecule has 2 fully saturated rings. The van der Waals surface area contributed by atoms with Crippen LogP contribution in [0.15, 0.2) is 30.3 Å². The summed E-state index contributed by atoms with van der Waals surface area (Å²) >= 11 is 0. The fourth-order valence-corrected chi connectivity index (χ4v) is 3.67. The molecule has 0 saturated carbocycles. The molecule has 1 N–H and O–H groups in total. The minimum atomic E-state index is -4.20. The van der Waals surface area contributed by atoms with Gasteiger partial charge in [-0.3, -0.25) is 0 Å². The van der Waals surface area contributed by atoms with Gasteiger partial charge in [0.2, 0.25) is 0 Å². The largest absolute Gasteiger partial charge is 0.512 e. The Morgan fingerprint density at radius 1 is 1.18 bits per heavy atom. The van der Waals surface area contributed by atoms with Crippen molar-refractivity contribution in [3.05, 3.63) is 35.9 Å². The number of alkyl halides is 3. The Morgan fingerprint density at radius 2 is 1.95 bits per heavy atom. The zero-order valence-corrected chi connectivity index (χ0v) is 12.4. The van der Waals surface area contributed by atoms with E-state index in [1.807, 2.05) is 30.3 Å². The van der Waals surface area contributed by atoms with E-state index in [-0.39, 0.29) is 6.61 Å². The highest BCUT2D eigenvalue weighted by molar-refractivity contribution is 6.59. The number of halogens is 3. The lowest BCUT2D eigenvalue weighted by molar-refractivity contribution is -0.832. The van der Waals surface area contributed by atoms with Crippen molar-refractivity contribution < 1.29 is 27.3 Å². The topological polar surface area (TPSA) is 22.9 Å². The highest BCUT2D eigenvalue weighted by Crippen LogP contribution is 2.30. The fraction of sp³-hybridized carbons (Fsp3) is 0.600. The lowest BCUT2D eigenvalue weighted by Gasteiger charge is -2.45. The van der Waals surface area contributed by atoms with Crippen molar-refractivity contribution in [2.45, 2.75) is 44.4 Å². The van der Waals surface area contributed by atoms with E-state index in [1.165, 1.54) is 0 Å². The van der Waals surface area contributed by atoms with Gasteiger partial charge in [-0.2, -0.15) is 13.2 Å². The van der Waals surface area contributed by atoms with Crippen LogP contribution in [0.1, 0.15) is 24.8 Å². The maximum atomic E-state index is 12.6. The predicted octanol–water partition coefficient (Wildman–Crippen LogP) is 2.17. The molecule has 0 aromatic heterocycles. The Kier molecular flexibility index (Phi) is 4.48. The van der Waals surface area contributed by atoms with Crippen molar-refractivity contribution in [3.63, 3.8) is 0 Å². The molecule has 0 aliphatic carbocycles. The van der Waals surface area contributed by atoms with Gasteiger partial charge in [-0.15, -0.1) is 0 Å². The first-order valence-electron chi connectivity index (χ1n) is 7.90. The standard InChI is InChI=1S/C15H21BF3NO2/c17-15(18,19)10-14-12-21-16(22-14)8-4-5-9-20(16)11-13-6-2-1-3-7-13/h1-3,6-7,14,20H,4-5,8-12H2. The van der Waals surface area contributed by atoms with Crippen LogP contribution in [-0.4, -0.2) is 32.1 Å². The molecule has 122 valence electrons. The normalized spacial score (nSPS) is 32.5. The van der Waals surface area contributed by atoms with Gasteiger partial charge < -0.3 is 14.1 Å². The van der Waals surface area contributed by atoms with E-state index >= 15 is 0 Å². The van der Waals surface area contributed by atoms with Crippen LogP contribution in [0.4, 0.5) is 13.2 Å². The van der Waals surface area contributed by atoms with Crippen LogP contribution in [0.3, 0.4) is 0 Å². The Labute approximate surface area is 128 Å². The average molecular weight is 315 g/mol. The molecular weight excluding hydrogens is 294 g/mol. The number of rotatable bonds is 3. The Morgan fingerprint density at radius 3 is 2.68 bits per heavy atom. The molecule has 2 saturated heterocycles. The lowest BCUT2D eigenvalue weighted by atomic mass is 9.61. The van der Waals surface area contributed by atoms with Crippen molar-refractivity contribution in [3.8, 4) is 0 Å². The first-order valence-corrected chi connectivity index (χ1v) is 7.90. The SMILES string of the molecule is FC(F)(F)CC1CO[B-]2(CCCC[NH+]2Cc2ccccc2)O1. The van der Waals surface area contributed by atoms with Gasteiger partial charge in [0.15, 0.2) is 0 Å². The van der Waals surface area contributed by atoms with Crippen molar-refractivity contribution in [1.29, 1.82) is 0 Å². The van der Waals surface area contributed by atoms with Gasteiger partial charge >= 0.3 is 12.9 Å². The van der Waals surface area contributed by atoms with E-state index in [4.69, 9.17) is 9.31 Å². The van der Waals surface area contributed by atoms with E-state index in [1.54, 1.807) is 0 Å². The van der Waals surface area contributed by atoms with Crippen LogP contribution in [-0.2, 0) is 15.9 Å². The van der Waals surface area contributed by atoms with Gasteiger partial charge in [0.25, 0.3) is 0 Å². The second kappa shape index (κ2) is 6.22. The summed E-state index contributed by atoms with van der Waals surface area (Å²) in [7, 11) is 0. The molecule has 0 radical (unpaired) electrons. The molecule has 0 bridgehead atoms. The van der Waals surface area contributed by atoms with Gasteiger partial charge in [-0.05, 0) is 6.42 Å². The molecule has 1 aromatic rings. The molecule has 7 heteroatoms. The molecule has 1 spiro atoms. The maximum Gasteiger partial charge on any atom is 0.471 e. The number of hydrogen-bond acceptors (Lipinski definition) is 2. The molecule has 3 nitrogen and oxygen atoms in total. The van der Waals surface area contributed by atoms with Crippen LogP contribution >= 0.6 is 0 Å². The Balaban J connectivity index is 1.70.